The number of aliphatic hydroxyl groups excluding tert-OH is 1. The van der Waals surface area contributed by atoms with E-state index >= 15 is 0 Å². The van der Waals surface area contributed by atoms with Crippen molar-refractivity contribution in [3.63, 3.8) is 0 Å². The number of anilines is 2. The topological polar surface area (TPSA) is 125 Å². The molecule has 5 aromatic rings. The van der Waals surface area contributed by atoms with Gasteiger partial charge in [-0.1, -0.05) is 60.1 Å². The van der Waals surface area contributed by atoms with E-state index in [2.05, 4.69) is 72.6 Å². The predicted octanol–water partition coefficient (Wildman–Crippen LogP) is 7.79. The zero-order chi connectivity index (χ0) is 40.7. The average Bonchev–Trinajstić information content (AvgIpc) is 3.60. The summed E-state index contributed by atoms with van der Waals surface area (Å²) in [5.41, 5.74) is 6.93. The zero-order valence-corrected chi connectivity index (χ0v) is 34.2. The van der Waals surface area contributed by atoms with Crippen molar-refractivity contribution < 1.29 is 23.8 Å². The molecule has 4 heterocycles. The lowest BCUT2D eigenvalue weighted by atomic mass is 9.90. The molecule has 11 nitrogen and oxygen atoms in total. The van der Waals surface area contributed by atoms with Gasteiger partial charge in [-0.05, 0) is 91.8 Å². The Hall–Kier alpha value is -4.72. The average molecular weight is 822 g/mol. The van der Waals surface area contributed by atoms with E-state index in [1.54, 1.807) is 6.07 Å². The molecule has 1 atom stereocenters. The second-order valence-electron chi connectivity index (χ2n) is 16.3. The number of aryl methyl sites for hydroxylation is 1. The van der Waals surface area contributed by atoms with E-state index in [9.17, 15) is 19.1 Å². The summed E-state index contributed by atoms with van der Waals surface area (Å²) in [6.07, 6.45) is 10.9. The molecule has 0 spiro atoms. The maximum atomic E-state index is 14.0. The van der Waals surface area contributed by atoms with Crippen LogP contribution in [0.4, 0.5) is 16.0 Å². The summed E-state index contributed by atoms with van der Waals surface area (Å²) in [4.78, 5) is 38.2. The number of halogens is 2. The van der Waals surface area contributed by atoms with Gasteiger partial charge in [-0.2, -0.15) is 4.98 Å². The van der Waals surface area contributed by atoms with Crippen molar-refractivity contribution in [1.29, 1.82) is 0 Å². The molecule has 2 saturated heterocycles. The number of hydrogen-bond donors (Lipinski definition) is 3. The van der Waals surface area contributed by atoms with Crippen LogP contribution in [0.2, 0.25) is 5.02 Å². The van der Waals surface area contributed by atoms with Crippen LogP contribution in [0.15, 0.2) is 79.1 Å². The Morgan fingerprint density at radius 1 is 0.881 bits per heavy atom. The molecule has 1 aliphatic carbocycles. The van der Waals surface area contributed by atoms with E-state index in [-0.39, 0.29) is 29.9 Å². The molecule has 3 aliphatic rings. The van der Waals surface area contributed by atoms with Crippen molar-refractivity contribution in [3.05, 3.63) is 107 Å². The third-order valence-electron chi connectivity index (χ3n) is 12.0. The fourth-order valence-electron chi connectivity index (χ4n) is 8.71. The number of aliphatic hydroxyl groups is 1. The van der Waals surface area contributed by atoms with Gasteiger partial charge in [0, 0.05) is 99.0 Å². The van der Waals surface area contributed by atoms with Crippen LogP contribution in [-0.2, 0) is 27.3 Å². The fourth-order valence-corrected chi connectivity index (χ4v) is 8.93. The number of aromatic nitrogens is 3. The van der Waals surface area contributed by atoms with Crippen molar-refractivity contribution in [2.24, 2.45) is 0 Å². The quantitative estimate of drug-likeness (QED) is 0.0718. The number of imide groups is 1. The molecule has 3 aromatic carbocycles. The summed E-state index contributed by atoms with van der Waals surface area (Å²) in [6.45, 7) is 7.60. The second kappa shape index (κ2) is 19.1. The van der Waals surface area contributed by atoms with Gasteiger partial charge < -0.3 is 24.6 Å². The van der Waals surface area contributed by atoms with Crippen LogP contribution in [0.25, 0.3) is 22.2 Å². The minimum absolute atomic E-state index is 0.184. The van der Waals surface area contributed by atoms with Crippen LogP contribution in [0.3, 0.4) is 0 Å². The summed E-state index contributed by atoms with van der Waals surface area (Å²) in [6, 6.07) is 21.5. The van der Waals surface area contributed by atoms with Gasteiger partial charge in [0.25, 0.3) is 0 Å². The predicted molar refractivity (Wildman–Crippen MR) is 228 cm³/mol. The smallest absolute Gasteiger partial charge is 0.234 e. The summed E-state index contributed by atoms with van der Waals surface area (Å²) < 4.78 is 22.2. The summed E-state index contributed by atoms with van der Waals surface area (Å²) >= 11 is 6.09. The normalized spacial score (nSPS) is 20.6. The summed E-state index contributed by atoms with van der Waals surface area (Å²) in [5.74, 6) is -0.684. The van der Waals surface area contributed by atoms with Gasteiger partial charge >= 0.3 is 0 Å². The molecule has 1 unspecified atom stereocenters. The molecule has 1 saturated carbocycles. The van der Waals surface area contributed by atoms with E-state index in [1.807, 2.05) is 18.3 Å². The Morgan fingerprint density at radius 3 is 2.36 bits per heavy atom. The fraction of sp³-hybridized carbons (Fsp3) is 0.435. The summed E-state index contributed by atoms with van der Waals surface area (Å²) in [7, 11) is 0. The van der Waals surface area contributed by atoms with Gasteiger partial charge in [-0.15, -0.1) is 0 Å². The Labute approximate surface area is 349 Å². The Balaban J connectivity index is 0.784. The van der Waals surface area contributed by atoms with Crippen LogP contribution in [-0.4, -0.2) is 93.3 Å². The van der Waals surface area contributed by atoms with Crippen molar-refractivity contribution >= 4 is 46.1 Å². The molecule has 0 radical (unpaired) electrons. The van der Waals surface area contributed by atoms with Gasteiger partial charge in [0.15, 0.2) is 0 Å². The molecule has 310 valence electrons. The highest BCUT2D eigenvalue weighted by Crippen LogP contribution is 2.37. The maximum Gasteiger partial charge on any atom is 0.234 e. The van der Waals surface area contributed by atoms with E-state index in [0.29, 0.717) is 29.5 Å². The largest absolute Gasteiger partial charge is 0.393 e. The third kappa shape index (κ3) is 10.5. The van der Waals surface area contributed by atoms with Gasteiger partial charge in [0.1, 0.15) is 11.5 Å². The van der Waals surface area contributed by atoms with E-state index in [1.165, 1.54) is 23.3 Å². The van der Waals surface area contributed by atoms with Crippen LogP contribution in [0.5, 0.6) is 0 Å². The first kappa shape index (κ1) is 41.0. The van der Waals surface area contributed by atoms with Crippen molar-refractivity contribution in [2.45, 2.75) is 82.4 Å². The lowest BCUT2D eigenvalue weighted by Gasteiger charge is -2.34. The third-order valence-corrected chi connectivity index (χ3v) is 12.2. The lowest BCUT2D eigenvalue weighted by molar-refractivity contribution is -0.134. The number of fused-ring (bicyclic) bond motifs is 1. The van der Waals surface area contributed by atoms with Crippen molar-refractivity contribution in [2.75, 3.05) is 51.3 Å². The first-order chi connectivity index (χ1) is 28.7. The highest BCUT2D eigenvalue weighted by Gasteiger charge is 2.28. The van der Waals surface area contributed by atoms with Crippen LogP contribution < -0.4 is 10.6 Å². The highest BCUT2D eigenvalue weighted by molar-refractivity contribution is 6.30. The zero-order valence-electron chi connectivity index (χ0n) is 33.4. The van der Waals surface area contributed by atoms with Gasteiger partial charge in [0.2, 0.25) is 17.8 Å². The molecule has 13 heteroatoms. The van der Waals surface area contributed by atoms with Crippen LogP contribution >= 0.6 is 11.6 Å². The van der Waals surface area contributed by atoms with E-state index in [4.69, 9.17) is 21.3 Å². The number of hydrogen-bond acceptors (Lipinski definition) is 9. The molecular formula is C46H53ClFN7O4. The SMILES string of the molecule is O=C1CCC(c2ccc(CCCOCCCN3CCN(Cc4ccc(-c5cn(C6CCC(O)CC6)c6nc(Nc7cc(F)cc(Cl)c7)ncc56)cc4)CC3)cc2)C(=O)N1. The van der Waals surface area contributed by atoms with E-state index in [0.717, 1.165) is 125 Å². The van der Waals surface area contributed by atoms with Gasteiger partial charge in [-0.25, -0.2) is 9.37 Å². The van der Waals surface area contributed by atoms with E-state index < -0.39 is 5.82 Å². The van der Waals surface area contributed by atoms with Crippen molar-refractivity contribution in [1.82, 2.24) is 29.7 Å². The number of ether oxygens (including phenoxy) is 1. The van der Waals surface area contributed by atoms with Crippen LogP contribution in [0.1, 0.15) is 80.0 Å². The number of carbonyl (C=O) groups is 2. The Bertz CT molecular complexity index is 2200. The molecule has 3 N–H and O–H groups in total. The molecule has 2 aliphatic heterocycles. The minimum Gasteiger partial charge on any atom is -0.393 e. The lowest BCUT2D eigenvalue weighted by Crippen LogP contribution is -2.46. The second-order valence-corrected chi connectivity index (χ2v) is 16.7. The van der Waals surface area contributed by atoms with Crippen LogP contribution in [0, 0.1) is 5.82 Å². The summed E-state index contributed by atoms with van der Waals surface area (Å²) in [5, 5.41) is 17.0. The standard InChI is InChI=1S/C46H53ClFN7O4/c47-35-25-36(48)27-37(26-35)50-46-49-28-41-42(30-55(44(41)52-46)38-12-14-39(56)15-13-38)34-10-6-32(7-11-34)29-54-21-19-53(20-22-54)18-2-24-59-23-1-3-31-4-8-33(9-5-31)40-16-17-43(57)51-45(40)58/h4-11,25-28,30,38-40,56H,1-3,12-24,29H2,(H,49,50,52)(H,51,57,58). The Kier molecular flexibility index (Phi) is 13.3. The highest BCUT2D eigenvalue weighted by atomic mass is 35.5. The number of amides is 2. The van der Waals surface area contributed by atoms with Gasteiger partial charge in [0.05, 0.1) is 12.0 Å². The first-order valence-electron chi connectivity index (χ1n) is 21.1. The molecule has 0 bridgehead atoms. The molecule has 3 fully saturated rings. The molecule has 2 amide bonds. The molecular weight excluding hydrogens is 769 g/mol. The number of piperazine rings is 1. The number of nitrogens with zero attached hydrogens (tertiary/aromatic N) is 5. The number of nitrogens with one attached hydrogen (secondary N) is 2. The molecule has 8 rings (SSSR count). The van der Waals surface area contributed by atoms with Gasteiger partial charge in [-0.3, -0.25) is 19.8 Å². The first-order valence-corrected chi connectivity index (χ1v) is 21.4. The number of rotatable bonds is 15. The number of piperidine rings is 1. The number of benzene rings is 3. The Morgan fingerprint density at radius 2 is 1.61 bits per heavy atom. The molecule has 59 heavy (non-hydrogen) atoms. The maximum absolute atomic E-state index is 14.0. The molecule has 2 aromatic heterocycles. The number of carbonyl (C=O) groups excluding carboxylic acids is 2. The minimum atomic E-state index is -0.435. The van der Waals surface area contributed by atoms with Crippen molar-refractivity contribution in [3.8, 4) is 11.1 Å². The monoisotopic (exact) mass is 821 g/mol.